The largest absolute Gasteiger partial charge is 0.352 e. The summed E-state index contributed by atoms with van der Waals surface area (Å²) in [6, 6.07) is 11.2. The monoisotopic (exact) mass is 294 g/mol. The first kappa shape index (κ1) is 14.3. The van der Waals surface area contributed by atoms with Crippen molar-refractivity contribution < 1.29 is 9.59 Å². The molecule has 2 aromatic carbocycles. The molecule has 3 rings (SSSR count). The minimum absolute atomic E-state index is 0.0798. The molecule has 2 amide bonds. The van der Waals surface area contributed by atoms with Gasteiger partial charge in [0.1, 0.15) is 0 Å². The molecule has 0 saturated heterocycles. The molecule has 0 aromatic heterocycles. The Morgan fingerprint density at radius 1 is 1.14 bits per heavy atom. The maximum Gasteiger partial charge on any atom is 0.255 e. The second kappa shape index (κ2) is 5.64. The highest BCUT2D eigenvalue weighted by Gasteiger charge is 2.17. The summed E-state index contributed by atoms with van der Waals surface area (Å²) in [4.78, 5) is 24.2. The van der Waals surface area contributed by atoms with Crippen LogP contribution in [0.15, 0.2) is 36.4 Å². The van der Waals surface area contributed by atoms with E-state index >= 15 is 0 Å². The van der Waals surface area contributed by atoms with Crippen molar-refractivity contribution in [2.75, 3.05) is 11.9 Å². The molecule has 0 fully saturated rings. The molecule has 4 nitrogen and oxygen atoms in total. The lowest BCUT2D eigenvalue weighted by Crippen LogP contribution is -2.31. The van der Waals surface area contributed by atoms with Gasteiger partial charge in [-0.05, 0) is 49.6 Å². The highest BCUT2D eigenvalue weighted by molar-refractivity contribution is 6.06. The van der Waals surface area contributed by atoms with Gasteiger partial charge >= 0.3 is 0 Å². The van der Waals surface area contributed by atoms with Gasteiger partial charge in [0, 0.05) is 23.4 Å². The quantitative estimate of drug-likeness (QED) is 0.895. The minimum Gasteiger partial charge on any atom is -0.352 e. The Hall–Kier alpha value is -2.62. The fourth-order valence-corrected chi connectivity index (χ4v) is 2.76. The summed E-state index contributed by atoms with van der Waals surface area (Å²) in [5, 5.41) is 5.68. The van der Waals surface area contributed by atoms with Crippen LogP contribution in [0.3, 0.4) is 0 Å². The maximum atomic E-state index is 12.4. The SMILES string of the molecule is Cc1ccc(C(=O)Nc2ccc3c(c2)C(=O)NCC3)c(C)c1. The summed E-state index contributed by atoms with van der Waals surface area (Å²) < 4.78 is 0. The van der Waals surface area contributed by atoms with E-state index < -0.39 is 0 Å². The van der Waals surface area contributed by atoms with E-state index in [1.165, 1.54) is 0 Å². The Kier molecular flexibility index (Phi) is 3.67. The van der Waals surface area contributed by atoms with Crippen molar-refractivity contribution in [1.82, 2.24) is 5.32 Å². The van der Waals surface area contributed by atoms with Crippen molar-refractivity contribution in [2.24, 2.45) is 0 Å². The van der Waals surface area contributed by atoms with Crippen LogP contribution in [-0.4, -0.2) is 18.4 Å². The first-order chi connectivity index (χ1) is 10.5. The van der Waals surface area contributed by atoms with E-state index in [9.17, 15) is 9.59 Å². The van der Waals surface area contributed by atoms with Crippen LogP contribution >= 0.6 is 0 Å². The first-order valence-corrected chi connectivity index (χ1v) is 7.34. The number of benzene rings is 2. The number of hydrogen-bond donors (Lipinski definition) is 2. The average Bonchev–Trinajstić information content (AvgIpc) is 2.48. The van der Waals surface area contributed by atoms with Crippen molar-refractivity contribution >= 4 is 17.5 Å². The lowest BCUT2D eigenvalue weighted by Gasteiger charge is -2.17. The van der Waals surface area contributed by atoms with Crippen LogP contribution in [0.4, 0.5) is 5.69 Å². The highest BCUT2D eigenvalue weighted by Crippen LogP contribution is 2.20. The molecule has 0 aliphatic carbocycles. The predicted molar refractivity (Wildman–Crippen MR) is 86.3 cm³/mol. The van der Waals surface area contributed by atoms with E-state index in [-0.39, 0.29) is 11.8 Å². The van der Waals surface area contributed by atoms with E-state index in [2.05, 4.69) is 10.6 Å². The van der Waals surface area contributed by atoms with E-state index in [0.717, 1.165) is 23.1 Å². The fraction of sp³-hybridized carbons (Fsp3) is 0.222. The molecule has 22 heavy (non-hydrogen) atoms. The summed E-state index contributed by atoms with van der Waals surface area (Å²) in [6.07, 6.45) is 0.826. The Morgan fingerprint density at radius 3 is 2.73 bits per heavy atom. The van der Waals surface area contributed by atoms with Crippen LogP contribution in [-0.2, 0) is 6.42 Å². The third-order valence-corrected chi connectivity index (χ3v) is 3.92. The van der Waals surface area contributed by atoms with Gasteiger partial charge < -0.3 is 10.6 Å². The van der Waals surface area contributed by atoms with Crippen molar-refractivity contribution in [3.05, 3.63) is 64.2 Å². The molecule has 1 aliphatic heterocycles. The number of amides is 2. The van der Waals surface area contributed by atoms with Crippen molar-refractivity contribution in [3.63, 3.8) is 0 Å². The Bertz CT molecular complexity index is 766. The Morgan fingerprint density at radius 2 is 1.95 bits per heavy atom. The summed E-state index contributed by atoms with van der Waals surface area (Å²) in [6.45, 7) is 4.58. The lowest BCUT2D eigenvalue weighted by molar-refractivity contribution is 0.0944. The fourth-order valence-electron chi connectivity index (χ4n) is 2.76. The van der Waals surface area contributed by atoms with Gasteiger partial charge in [-0.25, -0.2) is 0 Å². The standard InChI is InChI=1S/C18H18N2O2/c1-11-3-6-15(12(2)9-11)18(22)20-14-5-4-13-7-8-19-17(21)16(13)10-14/h3-6,9-10H,7-8H2,1-2H3,(H,19,21)(H,20,22). The molecule has 1 heterocycles. The normalized spacial score (nSPS) is 13.3. The molecule has 0 saturated carbocycles. The van der Waals surface area contributed by atoms with Crippen molar-refractivity contribution in [2.45, 2.75) is 20.3 Å². The number of nitrogens with one attached hydrogen (secondary N) is 2. The maximum absolute atomic E-state index is 12.4. The van der Waals surface area contributed by atoms with Gasteiger partial charge in [-0.15, -0.1) is 0 Å². The zero-order chi connectivity index (χ0) is 15.7. The second-order valence-corrected chi connectivity index (χ2v) is 5.65. The topological polar surface area (TPSA) is 58.2 Å². The molecular formula is C18H18N2O2. The molecule has 1 aliphatic rings. The number of carbonyl (C=O) groups excluding carboxylic acids is 2. The predicted octanol–water partition coefficient (Wildman–Crippen LogP) is 2.84. The summed E-state index contributed by atoms with van der Waals surface area (Å²) >= 11 is 0. The van der Waals surface area contributed by atoms with Gasteiger partial charge in [-0.1, -0.05) is 23.8 Å². The lowest BCUT2D eigenvalue weighted by atomic mass is 9.99. The van der Waals surface area contributed by atoms with Gasteiger partial charge in [0.15, 0.2) is 0 Å². The molecule has 0 atom stereocenters. The second-order valence-electron chi connectivity index (χ2n) is 5.65. The summed E-state index contributed by atoms with van der Waals surface area (Å²) in [5.41, 5.74) is 5.01. The number of carbonyl (C=O) groups is 2. The van der Waals surface area contributed by atoms with Gasteiger partial charge in [-0.2, -0.15) is 0 Å². The smallest absolute Gasteiger partial charge is 0.255 e. The van der Waals surface area contributed by atoms with Crippen LogP contribution in [0, 0.1) is 13.8 Å². The molecule has 0 unspecified atom stereocenters. The Labute approximate surface area is 129 Å². The average molecular weight is 294 g/mol. The van der Waals surface area contributed by atoms with E-state index in [1.54, 1.807) is 6.07 Å². The molecular weight excluding hydrogens is 276 g/mol. The molecule has 112 valence electrons. The van der Waals surface area contributed by atoms with Crippen LogP contribution < -0.4 is 10.6 Å². The number of hydrogen-bond acceptors (Lipinski definition) is 2. The van der Waals surface area contributed by atoms with E-state index in [4.69, 9.17) is 0 Å². The van der Waals surface area contributed by atoms with E-state index in [0.29, 0.717) is 23.4 Å². The molecule has 0 bridgehead atoms. The molecule has 0 radical (unpaired) electrons. The summed E-state index contributed by atoms with van der Waals surface area (Å²) in [5.74, 6) is -0.238. The zero-order valence-corrected chi connectivity index (χ0v) is 12.7. The van der Waals surface area contributed by atoms with Crippen LogP contribution in [0.25, 0.3) is 0 Å². The molecule has 0 spiro atoms. The molecule has 2 aromatic rings. The number of rotatable bonds is 2. The third kappa shape index (κ3) is 2.72. The number of aryl methyl sites for hydroxylation is 2. The summed E-state index contributed by atoms with van der Waals surface area (Å²) in [7, 11) is 0. The van der Waals surface area contributed by atoms with Gasteiger partial charge in [-0.3, -0.25) is 9.59 Å². The van der Waals surface area contributed by atoms with Crippen LogP contribution in [0.1, 0.15) is 37.4 Å². The number of anilines is 1. The molecule has 2 N–H and O–H groups in total. The minimum atomic E-state index is -0.159. The van der Waals surface area contributed by atoms with Gasteiger partial charge in [0.05, 0.1) is 0 Å². The van der Waals surface area contributed by atoms with E-state index in [1.807, 2.05) is 44.2 Å². The van der Waals surface area contributed by atoms with Crippen LogP contribution in [0.5, 0.6) is 0 Å². The van der Waals surface area contributed by atoms with Crippen molar-refractivity contribution in [3.8, 4) is 0 Å². The van der Waals surface area contributed by atoms with Crippen molar-refractivity contribution in [1.29, 1.82) is 0 Å². The number of fused-ring (bicyclic) bond motifs is 1. The Balaban J connectivity index is 1.85. The molecule has 4 heteroatoms. The first-order valence-electron chi connectivity index (χ1n) is 7.34. The van der Waals surface area contributed by atoms with Gasteiger partial charge in [0.2, 0.25) is 0 Å². The van der Waals surface area contributed by atoms with Gasteiger partial charge in [0.25, 0.3) is 11.8 Å². The zero-order valence-electron chi connectivity index (χ0n) is 12.7. The van der Waals surface area contributed by atoms with Crippen LogP contribution in [0.2, 0.25) is 0 Å². The highest BCUT2D eigenvalue weighted by atomic mass is 16.2. The third-order valence-electron chi connectivity index (χ3n) is 3.92.